The molecule has 2 aromatic carbocycles. The van der Waals surface area contributed by atoms with Crippen LogP contribution in [0.4, 0.5) is 4.39 Å². The highest BCUT2D eigenvalue weighted by Crippen LogP contribution is 2.14. The van der Waals surface area contributed by atoms with Gasteiger partial charge in [-0.05, 0) is 43.3 Å². The second kappa shape index (κ2) is 6.49. The van der Waals surface area contributed by atoms with Crippen LogP contribution in [-0.2, 0) is 0 Å². The maximum Gasteiger partial charge on any atom is 0.283 e. The fourth-order valence-corrected chi connectivity index (χ4v) is 2.64. The highest BCUT2D eigenvalue weighted by molar-refractivity contribution is 6.00. The summed E-state index contributed by atoms with van der Waals surface area (Å²) < 4.78 is 15.5. The van der Waals surface area contributed by atoms with E-state index in [4.69, 9.17) is 0 Å². The molecule has 27 heavy (non-hydrogen) atoms. The van der Waals surface area contributed by atoms with Crippen LogP contribution in [0.25, 0.3) is 16.7 Å². The van der Waals surface area contributed by atoms with Gasteiger partial charge in [0, 0.05) is 5.56 Å². The summed E-state index contributed by atoms with van der Waals surface area (Å²) in [4.78, 5) is 29.1. The molecule has 2 heterocycles. The number of amides is 1. The fourth-order valence-electron chi connectivity index (χ4n) is 2.64. The van der Waals surface area contributed by atoms with Gasteiger partial charge in [0.2, 0.25) is 0 Å². The van der Waals surface area contributed by atoms with E-state index in [2.05, 4.69) is 15.5 Å². The van der Waals surface area contributed by atoms with E-state index in [-0.39, 0.29) is 10.9 Å². The Labute approximate surface area is 152 Å². The number of carbonyl (C=O) groups excluding carboxylic acids is 1. The molecule has 0 saturated heterocycles. The van der Waals surface area contributed by atoms with Crippen LogP contribution in [0.1, 0.15) is 15.9 Å². The van der Waals surface area contributed by atoms with Crippen molar-refractivity contribution in [1.82, 2.24) is 19.4 Å². The lowest BCUT2D eigenvalue weighted by molar-refractivity contribution is 0.101. The molecule has 0 unspecified atom stereocenters. The molecule has 8 heteroatoms. The molecule has 0 atom stereocenters. The summed E-state index contributed by atoms with van der Waals surface area (Å²) in [6, 6.07) is 12.6. The van der Waals surface area contributed by atoms with Crippen LogP contribution < -0.4 is 11.0 Å². The molecule has 0 aliphatic rings. The van der Waals surface area contributed by atoms with Crippen molar-refractivity contribution in [2.75, 3.05) is 5.43 Å². The first kappa shape index (κ1) is 16.6. The minimum atomic E-state index is -0.552. The quantitative estimate of drug-likeness (QED) is 0.606. The lowest BCUT2D eigenvalue weighted by Gasteiger charge is -2.08. The van der Waals surface area contributed by atoms with E-state index >= 15 is 0 Å². The van der Waals surface area contributed by atoms with Crippen molar-refractivity contribution in [3.63, 3.8) is 0 Å². The van der Waals surface area contributed by atoms with Crippen molar-refractivity contribution in [2.24, 2.45) is 0 Å². The highest BCUT2D eigenvalue weighted by atomic mass is 19.1. The Morgan fingerprint density at radius 1 is 1.07 bits per heavy atom. The zero-order valence-electron chi connectivity index (χ0n) is 14.3. The molecule has 4 aromatic rings. The van der Waals surface area contributed by atoms with Crippen molar-refractivity contribution in [3.8, 4) is 5.69 Å². The summed E-state index contributed by atoms with van der Waals surface area (Å²) in [6.07, 6.45) is 2.63. The molecule has 1 amide bonds. The summed E-state index contributed by atoms with van der Waals surface area (Å²) in [5.41, 5.74) is 4.46. The Morgan fingerprint density at radius 3 is 2.48 bits per heavy atom. The van der Waals surface area contributed by atoms with Crippen LogP contribution in [0.3, 0.4) is 0 Å². The number of fused-ring (bicyclic) bond motifs is 1. The van der Waals surface area contributed by atoms with E-state index in [1.54, 1.807) is 4.68 Å². The van der Waals surface area contributed by atoms with E-state index in [0.717, 1.165) is 15.9 Å². The number of aromatic nitrogens is 4. The van der Waals surface area contributed by atoms with Gasteiger partial charge in [0.1, 0.15) is 17.5 Å². The van der Waals surface area contributed by atoms with Gasteiger partial charge in [-0.3, -0.25) is 15.0 Å². The fraction of sp³-hybridized carbons (Fsp3) is 0.0526. The molecule has 1 N–H and O–H groups in total. The molecular weight excluding hydrogens is 349 g/mol. The molecule has 0 aliphatic heterocycles. The van der Waals surface area contributed by atoms with Gasteiger partial charge in [0.05, 0.1) is 11.9 Å². The van der Waals surface area contributed by atoms with Crippen LogP contribution >= 0.6 is 0 Å². The minimum absolute atomic E-state index is 0.221. The largest absolute Gasteiger partial charge is 0.283 e. The summed E-state index contributed by atoms with van der Waals surface area (Å²) in [5, 5.41) is 4.49. The number of aryl methyl sites for hydroxylation is 1. The molecule has 0 aliphatic carbocycles. The number of halogens is 1. The van der Waals surface area contributed by atoms with E-state index < -0.39 is 17.3 Å². The summed E-state index contributed by atoms with van der Waals surface area (Å²) in [7, 11) is 0. The van der Waals surface area contributed by atoms with Gasteiger partial charge < -0.3 is 0 Å². The van der Waals surface area contributed by atoms with Gasteiger partial charge in [-0.2, -0.15) is 5.10 Å². The third-order valence-electron chi connectivity index (χ3n) is 4.10. The smallest absolute Gasteiger partial charge is 0.267 e. The Balaban J connectivity index is 1.69. The van der Waals surface area contributed by atoms with E-state index in [1.165, 1.54) is 36.8 Å². The zero-order valence-corrected chi connectivity index (χ0v) is 14.3. The molecule has 0 saturated carbocycles. The van der Waals surface area contributed by atoms with E-state index in [1.807, 2.05) is 31.2 Å². The average Bonchev–Trinajstić information content (AvgIpc) is 3.10. The predicted octanol–water partition coefficient (Wildman–Crippen LogP) is 2.41. The van der Waals surface area contributed by atoms with Gasteiger partial charge in [-0.1, -0.05) is 17.7 Å². The van der Waals surface area contributed by atoms with Crippen molar-refractivity contribution in [1.29, 1.82) is 0 Å². The SMILES string of the molecule is Cc1ccc(-n2ncc3c(=O)n(NC(=O)c4ccc(F)cc4)cnc32)cc1. The normalized spacial score (nSPS) is 10.9. The maximum absolute atomic E-state index is 13.0. The molecule has 134 valence electrons. The molecule has 0 radical (unpaired) electrons. The van der Waals surface area contributed by atoms with Crippen LogP contribution in [0.2, 0.25) is 0 Å². The van der Waals surface area contributed by atoms with E-state index in [9.17, 15) is 14.0 Å². The van der Waals surface area contributed by atoms with Gasteiger partial charge >= 0.3 is 0 Å². The first-order valence-electron chi connectivity index (χ1n) is 8.12. The Morgan fingerprint density at radius 2 is 1.78 bits per heavy atom. The molecule has 2 aromatic heterocycles. The Bertz CT molecular complexity index is 1190. The number of hydrogen-bond acceptors (Lipinski definition) is 4. The van der Waals surface area contributed by atoms with Crippen molar-refractivity contribution < 1.29 is 9.18 Å². The number of rotatable bonds is 3. The first-order valence-corrected chi connectivity index (χ1v) is 8.12. The second-order valence-corrected chi connectivity index (χ2v) is 6.00. The maximum atomic E-state index is 13.0. The summed E-state index contributed by atoms with van der Waals surface area (Å²) in [6.45, 7) is 1.98. The van der Waals surface area contributed by atoms with Crippen LogP contribution in [0, 0.1) is 12.7 Å². The number of nitrogens with zero attached hydrogens (tertiary/aromatic N) is 4. The van der Waals surface area contributed by atoms with Crippen molar-refractivity contribution in [2.45, 2.75) is 6.92 Å². The third kappa shape index (κ3) is 3.08. The minimum Gasteiger partial charge on any atom is -0.267 e. The van der Waals surface area contributed by atoms with Crippen LogP contribution in [0.15, 0.2) is 65.8 Å². The standard InChI is InChI=1S/C19H14FN5O2/c1-12-2-8-15(9-3-12)25-17-16(10-22-25)19(27)24(11-21-17)23-18(26)13-4-6-14(20)7-5-13/h2-11H,1H3,(H,23,26). The number of hydrogen-bond donors (Lipinski definition) is 1. The summed E-state index contributed by atoms with van der Waals surface area (Å²) >= 11 is 0. The average molecular weight is 363 g/mol. The van der Waals surface area contributed by atoms with Gasteiger partial charge in [0.15, 0.2) is 5.65 Å². The molecule has 4 rings (SSSR count). The van der Waals surface area contributed by atoms with Gasteiger partial charge in [-0.15, -0.1) is 0 Å². The van der Waals surface area contributed by atoms with Gasteiger partial charge in [-0.25, -0.2) is 18.7 Å². The molecule has 0 bridgehead atoms. The molecular formula is C19H14FN5O2. The predicted molar refractivity (Wildman–Crippen MR) is 98.0 cm³/mol. The first-order chi connectivity index (χ1) is 13.0. The monoisotopic (exact) mass is 363 g/mol. The number of carbonyl (C=O) groups is 1. The molecule has 7 nitrogen and oxygen atoms in total. The summed E-state index contributed by atoms with van der Waals surface area (Å²) in [5.74, 6) is -1.00. The second-order valence-electron chi connectivity index (χ2n) is 6.00. The topological polar surface area (TPSA) is 81.8 Å². The Hall–Kier alpha value is -3.81. The van der Waals surface area contributed by atoms with Gasteiger partial charge in [0.25, 0.3) is 11.5 Å². The number of nitrogens with one attached hydrogen (secondary N) is 1. The van der Waals surface area contributed by atoms with Crippen molar-refractivity contribution >= 4 is 16.9 Å². The lowest BCUT2D eigenvalue weighted by atomic mass is 10.2. The van der Waals surface area contributed by atoms with Crippen LogP contribution in [-0.4, -0.2) is 25.3 Å². The molecule has 0 fully saturated rings. The van der Waals surface area contributed by atoms with E-state index in [0.29, 0.717) is 5.65 Å². The third-order valence-corrected chi connectivity index (χ3v) is 4.10. The zero-order chi connectivity index (χ0) is 19.0. The molecule has 0 spiro atoms. The highest BCUT2D eigenvalue weighted by Gasteiger charge is 2.13. The lowest BCUT2D eigenvalue weighted by Crippen LogP contribution is -2.33. The Kier molecular flexibility index (Phi) is 4.00. The van der Waals surface area contributed by atoms with Crippen molar-refractivity contribution in [3.05, 3.63) is 88.4 Å². The van der Waals surface area contributed by atoms with Crippen LogP contribution in [0.5, 0.6) is 0 Å². The number of benzene rings is 2.